The van der Waals surface area contributed by atoms with Crippen LogP contribution in [0.2, 0.25) is 0 Å². The van der Waals surface area contributed by atoms with Crippen LogP contribution < -0.4 is 5.56 Å². The summed E-state index contributed by atoms with van der Waals surface area (Å²) in [7, 11) is 0. The fourth-order valence-corrected chi connectivity index (χ4v) is 6.75. The molecule has 7 heteroatoms. The maximum absolute atomic E-state index is 13.3. The van der Waals surface area contributed by atoms with Crippen molar-refractivity contribution >= 4 is 39.2 Å². The number of thiophene rings is 1. The monoisotopic (exact) mass is 419 g/mol. The molecule has 0 bridgehead atoms. The summed E-state index contributed by atoms with van der Waals surface area (Å²) < 4.78 is 1.79. The SMILES string of the molecule is CC1CCCCN1C(=O)CSc1nc2sc3c(c2c(=O)n1C(C)C)CCCC3. The molecule has 28 heavy (non-hydrogen) atoms. The summed E-state index contributed by atoms with van der Waals surface area (Å²) in [5, 5.41) is 1.51. The van der Waals surface area contributed by atoms with Gasteiger partial charge in [0.25, 0.3) is 5.56 Å². The van der Waals surface area contributed by atoms with Crippen LogP contribution >= 0.6 is 23.1 Å². The summed E-state index contributed by atoms with van der Waals surface area (Å²) >= 11 is 3.10. The second-order valence-electron chi connectivity index (χ2n) is 8.27. The summed E-state index contributed by atoms with van der Waals surface area (Å²) in [6.07, 6.45) is 7.77. The van der Waals surface area contributed by atoms with Gasteiger partial charge in [-0.2, -0.15) is 0 Å². The van der Waals surface area contributed by atoms with Crippen molar-refractivity contribution < 1.29 is 4.79 Å². The summed E-state index contributed by atoms with van der Waals surface area (Å²) in [6, 6.07) is 0.337. The minimum absolute atomic E-state index is 0.0232. The van der Waals surface area contributed by atoms with Crippen LogP contribution in [0, 0.1) is 0 Å². The lowest BCUT2D eigenvalue weighted by Gasteiger charge is -2.33. The van der Waals surface area contributed by atoms with E-state index >= 15 is 0 Å². The second-order valence-corrected chi connectivity index (χ2v) is 10.3. The van der Waals surface area contributed by atoms with Gasteiger partial charge < -0.3 is 4.90 Å². The molecule has 152 valence electrons. The molecule has 2 aromatic heterocycles. The van der Waals surface area contributed by atoms with E-state index in [0.29, 0.717) is 17.0 Å². The number of fused-ring (bicyclic) bond motifs is 3. The highest BCUT2D eigenvalue weighted by atomic mass is 32.2. The van der Waals surface area contributed by atoms with Crippen molar-refractivity contribution in [1.82, 2.24) is 14.5 Å². The first-order valence-electron chi connectivity index (χ1n) is 10.5. The van der Waals surface area contributed by atoms with Crippen molar-refractivity contribution in [2.45, 2.75) is 83.0 Å². The third kappa shape index (κ3) is 3.63. The van der Waals surface area contributed by atoms with Crippen LogP contribution in [-0.4, -0.2) is 38.7 Å². The highest BCUT2D eigenvalue weighted by Crippen LogP contribution is 2.35. The molecule has 0 aromatic carbocycles. The lowest BCUT2D eigenvalue weighted by Crippen LogP contribution is -2.43. The molecule has 0 radical (unpaired) electrons. The molecular formula is C21H29N3O2S2. The Morgan fingerprint density at radius 2 is 2.04 bits per heavy atom. The molecule has 1 atom stereocenters. The second kappa shape index (κ2) is 8.19. The number of piperidine rings is 1. The number of likely N-dealkylation sites (tertiary alicyclic amines) is 1. The number of hydrogen-bond donors (Lipinski definition) is 0. The van der Waals surface area contributed by atoms with E-state index in [1.807, 2.05) is 18.7 Å². The van der Waals surface area contributed by atoms with Crippen molar-refractivity contribution in [1.29, 1.82) is 0 Å². The molecular weight excluding hydrogens is 390 g/mol. The Hall–Kier alpha value is -1.34. The van der Waals surface area contributed by atoms with E-state index < -0.39 is 0 Å². The van der Waals surface area contributed by atoms with Gasteiger partial charge in [0.1, 0.15) is 4.83 Å². The number of amides is 1. The molecule has 4 rings (SSSR count). The molecule has 1 unspecified atom stereocenters. The van der Waals surface area contributed by atoms with Gasteiger partial charge in [-0.3, -0.25) is 14.2 Å². The lowest BCUT2D eigenvalue weighted by atomic mass is 9.97. The van der Waals surface area contributed by atoms with E-state index in [0.717, 1.165) is 48.9 Å². The molecule has 2 aromatic rings. The van der Waals surface area contributed by atoms with Crippen LogP contribution in [0.4, 0.5) is 0 Å². The summed E-state index contributed by atoms with van der Waals surface area (Å²) in [4.78, 5) is 35.2. The Balaban J connectivity index is 1.65. The average molecular weight is 420 g/mol. The van der Waals surface area contributed by atoms with E-state index in [2.05, 4.69) is 6.92 Å². The fraction of sp³-hybridized carbons (Fsp3) is 0.667. The first kappa shape index (κ1) is 20.0. The molecule has 1 saturated heterocycles. The molecule has 3 heterocycles. The highest BCUT2D eigenvalue weighted by Gasteiger charge is 2.26. The van der Waals surface area contributed by atoms with E-state index in [1.165, 1.54) is 35.0 Å². The number of rotatable bonds is 4. The Morgan fingerprint density at radius 3 is 2.79 bits per heavy atom. The standard InChI is InChI=1S/C21H29N3O2S2/c1-13(2)24-20(26)18-15-9-4-5-10-16(15)28-19(18)22-21(24)27-12-17(25)23-11-7-6-8-14(23)3/h13-14H,4-12H2,1-3H3. The summed E-state index contributed by atoms with van der Waals surface area (Å²) in [5.41, 5.74) is 1.30. The molecule has 1 aliphatic heterocycles. The maximum atomic E-state index is 13.3. The Labute approximate surface area is 174 Å². The third-order valence-corrected chi connectivity index (χ3v) is 8.08. The number of carbonyl (C=O) groups is 1. The van der Waals surface area contributed by atoms with Crippen molar-refractivity contribution in [2.24, 2.45) is 0 Å². The van der Waals surface area contributed by atoms with Gasteiger partial charge in [-0.1, -0.05) is 11.8 Å². The van der Waals surface area contributed by atoms with Gasteiger partial charge in [-0.25, -0.2) is 4.98 Å². The van der Waals surface area contributed by atoms with E-state index in [1.54, 1.807) is 15.9 Å². The predicted octanol–water partition coefficient (Wildman–Crippen LogP) is 4.41. The smallest absolute Gasteiger partial charge is 0.263 e. The van der Waals surface area contributed by atoms with Crippen LogP contribution in [0.25, 0.3) is 10.2 Å². The van der Waals surface area contributed by atoms with Crippen LogP contribution in [0.1, 0.15) is 69.4 Å². The minimum Gasteiger partial charge on any atom is -0.339 e. The zero-order valence-electron chi connectivity index (χ0n) is 17.0. The van der Waals surface area contributed by atoms with Crippen molar-refractivity contribution in [3.63, 3.8) is 0 Å². The zero-order chi connectivity index (χ0) is 19.8. The number of aryl methyl sites for hydroxylation is 2. The molecule has 1 fully saturated rings. The summed E-state index contributed by atoms with van der Waals surface area (Å²) in [6.45, 7) is 7.02. The Kier molecular flexibility index (Phi) is 5.83. The maximum Gasteiger partial charge on any atom is 0.263 e. The Morgan fingerprint density at radius 1 is 1.25 bits per heavy atom. The van der Waals surface area contributed by atoms with E-state index in [9.17, 15) is 9.59 Å². The van der Waals surface area contributed by atoms with Crippen molar-refractivity contribution in [3.8, 4) is 0 Å². The van der Waals surface area contributed by atoms with Crippen molar-refractivity contribution in [2.75, 3.05) is 12.3 Å². The molecule has 2 aliphatic rings. The number of nitrogens with zero attached hydrogens (tertiary/aromatic N) is 3. The Bertz CT molecular complexity index is 947. The van der Waals surface area contributed by atoms with Gasteiger partial charge >= 0.3 is 0 Å². The zero-order valence-corrected chi connectivity index (χ0v) is 18.6. The first-order valence-corrected chi connectivity index (χ1v) is 12.3. The largest absolute Gasteiger partial charge is 0.339 e. The number of aromatic nitrogens is 2. The van der Waals surface area contributed by atoms with E-state index in [4.69, 9.17) is 4.98 Å². The number of thioether (sulfide) groups is 1. The van der Waals surface area contributed by atoms with Gasteiger partial charge in [0, 0.05) is 23.5 Å². The average Bonchev–Trinajstić information content (AvgIpc) is 3.04. The van der Waals surface area contributed by atoms with Gasteiger partial charge in [-0.05, 0) is 71.3 Å². The van der Waals surface area contributed by atoms with Gasteiger partial charge in [0.15, 0.2) is 5.16 Å². The minimum atomic E-state index is 0.0232. The summed E-state index contributed by atoms with van der Waals surface area (Å²) in [5.74, 6) is 0.507. The van der Waals surface area contributed by atoms with Gasteiger partial charge in [0.2, 0.25) is 5.91 Å². The highest BCUT2D eigenvalue weighted by molar-refractivity contribution is 7.99. The number of carbonyl (C=O) groups excluding carboxylic acids is 1. The predicted molar refractivity (Wildman–Crippen MR) is 117 cm³/mol. The number of hydrogen-bond acceptors (Lipinski definition) is 5. The molecule has 0 N–H and O–H groups in total. The first-order chi connectivity index (χ1) is 13.5. The van der Waals surface area contributed by atoms with Gasteiger partial charge in [0.05, 0.1) is 11.1 Å². The normalized spacial score (nSPS) is 20.0. The molecule has 0 spiro atoms. The topological polar surface area (TPSA) is 55.2 Å². The molecule has 0 saturated carbocycles. The van der Waals surface area contributed by atoms with Crippen LogP contribution in [0.3, 0.4) is 0 Å². The quantitative estimate of drug-likeness (QED) is 0.544. The molecule has 5 nitrogen and oxygen atoms in total. The molecule has 1 amide bonds. The third-order valence-electron chi connectivity index (χ3n) is 5.95. The van der Waals surface area contributed by atoms with Crippen LogP contribution in [-0.2, 0) is 17.6 Å². The van der Waals surface area contributed by atoms with Crippen molar-refractivity contribution in [3.05, 3.63) is 20.8 Å². The fourth-order valence-electron chi connectivity index (χ4n) is 4.43. The molecule has 1 aliphatic carbocycles. The van der Waals surface area contributed by atoms with E-state index in [-0.39, 0.29) is 17.5 Å². The lowest BCUT2D eigenvalue weighted by molar-refractivity contribution is -0.131. The van der Waals surface area contributed by atoms with Crippen LogP contribution in [0.5, 0.6) is 0 Å². The van der Waals surface area contributed by atoms with Gasteiger partial charge in [-0.15, -0.1) is 11.3 Å². The van der Waals surface area contributed by atoms with Crippen LogP contribution in [0.15, 0.2) is 9.95 Å².